The van der Waals surface area contributed by atoms with Gasteiger partial charge in [0.25, 0.3) is 5.91 Å². The molecule has 7 heteroatoms. The molecule has 0 spiro atoms. The zero-order chi connectivity index (χ0) is 11.8. The quantitative estimate of drug-likeness (QED) is 0.526. The second-order valence-corrected chi connectivity index (χ2v) is 4.74. The SMILES string of the molecule is CSc1ncc2c(n1)O[C@H]1CNC[C@H]1NC2=O. The molecule has 6 nitrogen and oxygen atoms in total. The van der Waals surface area contributed by atoms with Crippen molar-refractivity contribution in [2.45, 2.75) is 17.3 Å². The molecule has 0 aromatic carbocycles. The number of nitrogens with one attached hydrogen (secondary N) is 2. The first-order valence-corrected chi connectivity index (χ1v) is 6.59. The number of rotatable bonds is 1. The minimum absolute atomic E-state index is 0.00873. The Kier molecular flexibility index (Phi) is 2.64. The first kappa shape index (κ1) is 10.8. The van der Waals surface area contributed by atoms with Crippen LogP contribution in [0.3, 0.4) is 0 Å². The molecule has 3 rings (SSSR count). The average Bonchev–Trinajstić information content (AvgIpc) is 2.71. The van der Waals surface area contributed by atoms with E-state index in [0.29, 0.717) is 16.6 Å². The smallest absolute Gasteiger partial charge is 0.258 e. The normalized spacial score (nSPS) is 26.5. The van der Waals surface area contributed by atoms with E-state index in [2.05, 4.69) is 20.6 Å². The Hall–Kier alpha value is -1.34. The third kappa shape index (κ3) is 1.85. The second-order valence-electron chi connectivity index (χ2n) is 3.97. The molecule has 2 aliphatic rings. The number of thioether (sulfide) groups is 1. The lowest BCUT2D eigenvalue weighted by Gasteiger charge is -2.15. The summed E-state index contributed by atoms with van der Waals surface area (Å²) in [4.78, 5) is 20.3. The molecule has 0 bridgehead atoms. The fourth-order valence-corrected chi connectivity index (χ4v) is 2.34. The number of carbonyl (C=O) groups excluding carboxylic acids is 1. The summed E-state index contributed by atoms with van der Waals surface area (Å²) in [6.45, 7) is 1.45. The summed E-state index contributed by atoms with van der Waals surface area (Å²) in [6.07, 6.45) is 3.36. The van der Waals surface area contributed by atoms with Crippen LogP contribution in [0.4, 0.5) is 0 Å². The van der Waals surface area contributed by atoms with Gasteiger partial charge in [-0.05, 0) is 6.26 Å². The molecule has 90 valence electrons. The summed E-state index contributed by atoms with van der Waals surface area (Å²) in [5, 5.41) is 6.72. The van der Waals surface area contributed by atoms with Crippen LogP contribution in [0, 0.1) is 0 Å². The highest BCUT2D eigenvalue weighted by atomic mass is 32.2. The standard InChI is InChI=1S/C10H12N4O2S/c1-17-10-12-2-5-8(15)13-6-3-11-4-7(6)16-9(5)14-10/h2,6-7,11H,3-4H2,1H3,(H,13,15)/t6-,7+/m1/s1. The number of hydrogen-bond acceptors (Lipinski definition) is 6. The monoisotopic (exact) mass is 252 g/mol. The summed E-state index contributed by atoms with van der Waals surface area (Å²) in [6, 6.07) is 0.00873. The second kappa shape index (κ2) is 4.15. The Morgan fingerprint density at radius 3 is 3.24 bits per heavy atom. The Morgan fingerprint density at radius 2 is 2.41 bits per heavy atom. The van der Waals surface area contributed by atoms with Crippen LogP contribution in [-0.4, -0.2) is 47.4 Å². The van der Waals surface area contributed by atoms with Crippen molar-refractivity contribution in [1.82, 2.24) is 20.6 Å². The molecule has 1 saturated heterocycles. The van der Waals surface area contributed by atoms with E-state index in [4.69, 9.17) is 4.74 Å². The van der Waals surface area contributed by atoms with Gasteiger partial charge in [0.2, 0.25) is 5.88 Å². The molecular formula is C10H12N4O2S. The van der Waals surface area contributed by atoms with Gasteiger partial charge in [-0.2, -0.15) is 4.98 Å². The van der Waals surface area contributed by atoms with Gasteiger partial charge in [-0.3, -0.25) is 4.79 Å². The van der Waals surface area contributed by atoms with E-state index in [9.17, 15) is 4.79 Å². The van der Waals surface area contributed by atoms with Gasteiger partial charge >= 0.3 is 0 Å². The highest BCUT2D eigenvalue weighted by Crippen LogP contribution is 2.24. The molecule has 0 saturated carbocycles. The molecule has 0 unspecified atom stereocenters. The lowest BCUT2D eigenvalue weighted by atomic mass is 10.2. The zero-order valence-corrected chi connectivity index (χ0v) is 10.1. The summed E-state index contributed by atoms with van der Waals surface area (Å²) in [5.74, 6) is 0.224. The molecule has 1 aromatic rings. The van der Waals surface area contributed by atoms with Gasteiger partial charge in [0.05, 0.1) is 6.04 Å². The molecular weight excluding hydrogens is 240 g/mol. The molecule has 2 aliphatic heterocycles. The molecule has 2 atom stereocenters. The van der Waals surface area contributed by atoms with E-state index < -0.39 is 0 Å². The van der Waals surface area contributed by atoms with Crippen LogP contribution >= 0.6 is 11.8 Å². The van der Waals surface area contributed by atoms with Gasteiger partial charge in [0.1, 0.15) is 11.7 Å². The van der Waals surface area contributed by atoms with E-state index in [-0.39, 0.29) is 18.1 Å². The van der Waals surface area contributed by atoms with E-state index in [0.717, 1.165) is 13.1 Å². The van der Waals surface area contributed by atoms with Crippen LogP contribution in [0.25, 0.3) is 0 Å². The van der Waals surface area contributed by atoms with Crippen molar-refractivity contribution in [3.05, 3.63) is 11.8 Å². The Bertz CT molecular complexity index is 468. The Labute approximate surface area is 103 Å². The lowest BCUT2D eigenvalue weighted by molar-refractivity contribution is 0.0933. The van der Waals surface area contributed by atoms with Gasteiger partial charge < -0.3 is 15.4 Å². The summed E-state index contributed by atoms with van der Waals surface area (Å²) in [5.41, 5.74) is 0.414. The molecule has 17 heavy (non-hydrogen) atoms. The van der Waals surface area contributed by atoms with Gasteiger partial charge in [0, 0.05) is 19.3 Å². The maximum atomic E-state index is 11.9. The third-order valence-corrected chi connectivity index (χ3v) is 3.46. The molecule has 1 amide bonds. The van der Waals surface area contributed by atoms with E-state index in [1.165, 1.54) is 18.0 Å². The van der Waals surface area contributed by atoms with Crippen molar-refractivity contribution in [3.63, 3.8) is 0 Å². The molecule has 1 fully saturated rings. The van der Waals surface area contributed by atoms with Gasteiger partial charge in [-0.25, -0.2) is 4.98 Å². The maximum absolute atomic E-state index is 11.9. The van der Waals surface area contributed by atoms with Crippen molar-refractivity contribution in [1.29, 1.82) is 0 Å². The summed E-state index contributed by atoms with van der Waals surface area (Å²) < 4.78 is 5.78. The summed E-state index contributed by atoms with van der Waals surface area (Å²) in [7, 11) is 0. The number of aromatic nitrogens is 2. The Balaban J connectivity index is 2.00. The molecule has 0 radical (unpaired) electrons. The van der Waals surface area contributed by atoms with E-state index >= 15 is 0 Å². The first-order valence-electron chi connectivity index (χ1n) is 5.37. The fourth-order valence-electron chi connectivity index (χ4n) is 2.01. The largest absolute Gasteiger partial charge is 0.470 e. The van der Waals surface area contributed by atoms with Crippen LogP contribution in [0.1, 0.15) is 10.4 Å². The number of ether oxygens (including phenoxy) is 1. The van der Waals surface area contributed by atoms with E-state index in [1.54, 1.807) is 0 Å². The number of nitrogens with zero attached hydrogens (tertiary/aromatic N) is 2. The number of carbonyl (C=O) groups is 1. The van der Waals surface area contributed by atoms with Crippen molar-refractivity contribution < 1.29 is 9.53 Å². The third-order valence-electron chi connectivity index (χ3n) is 2.90. The van der Waals surface area contributed by atoms with Gasteiger partial charge in [-0.15, -0.1) is 0 Å². The van der Waals surface area contributed by atoms with Crippen LogP contribution in [0.5, 0.6) is 5.88 Å². The van der Waals surface area contributed by atoms with Crippen LogP contribution in [-0.2, 0) is 0 Å². The average molecular weight is 252 g/mol. The minimum Gasteiger partial charge on any atom is -0.470 e. The first-order chi connectivity index (χ1) is 8.28. The highest BCUT2D eigenvalue weighted by Gasteiger charge is 2.35. The lowest BCUT2D eigenvalue weighted by Crippen LogP contribution is -2.42. The molecule has 3 heterocycles. The van der Waals surface area contributed by atoms with Crippen LogP contribution in [0.15, 0.2) is 11.4 Å². The van der Waals surface area contributed by atoms with Crippen molar-refractivity contribution in [2.75, 3.05) is 19.3 Å². The van der Waals surface area contributed by atoms with Crippen molar-refractivity contribution >= 4 is 17.7 Å². The predicted molar refractivity (Wildman–Crippen MR) is 62.4 cm³/mol. The molecule has 1 aromatic heterocycles. The van der Waals surface area contributed by atoms with Crippen LogP contribution in [0.2, 0.25) is 0 Å². The molecule has 2 N–H and O–H groups in total. The highest BCUT2D eigenvalue weighted by molar-refractivity contribution is 7.98. The van der Waals surface area contributed by atoms with Crippen molar-refractivity contribution in [3.8, 4) is 5.88 Å². The predicted octanol–water partition coefficient (Wildman–Crippen LogP) is -0.339. The van der Waals surface area contributed by atoms with Gasteiger partial charge in [-0.1, -0.05) is 11.8 Å². The molecule has 0 aliphatic carbocycles. The van der Waals surface area contributed by atoms with Crippen molar-refractivity contribution in [2.24, 2.45) is 0 Å². The minimum atomic E-state index is -0.163. The Morgan fingerprint density at radius 1 is 1.53 bits per heavy atom. The number of fused-ring (bicyclic) bond motifs is 2. The zero-order valence-electron chi connectivity index (χ0n) is 9.27. The fraction of sp³-hybridized carbons (Fsp3) is 0.500. The maximum Gasteiger partial charge on any atom is 0.258 e. The van der Waals surface area contributed by atoms with Gasteiger partial charge in [0.15, 0.2) is 5.16 Å². The summed E-state index contributed by atoms with van der Waals surface area (Å²) >= 11 is 1.43. The topological polar surface area (TPSA) is 76.1 Å². The van der Waals surface area contributed by atoms with Crippen LogP contribution < -0.4 is 15.4 Å². The van der Waals surface area contributed by atoms with E-state index in [1.807, 2.05) is 6.26 Å². The number of hydrogen-bond donors (Lipinski definition) is 2. The number of amides is 1.